The van der Waals surface area contributed by atoms with Gasteiger partial charge in [0.2, 0.25) is 0 Å². The van der Waals surface area contributed by atoms with Crippen molar-refractivity contribution >= 4 is 0 Å². The average molecular weight is 366 g/mol. The van der Waals surface area contributed by atoms with Crippen LogP contribution in [0.4, 0.5) is 8.78 Å². The second kappa shape index (κ2) is 7.28. The predicted molar refractivity (Wildman–Crippen MR) is 104 cm³/mol. The van der Waals surface area contributed by atoms with Crippen molar-refractivity contribution in [1.82, 2.24) is 9.47 Å². The van der Waals surface area contributed by atoms with E-state index in [4.69, 9.17) is 0 Å². The zero-order valence-electron chi connectivity index (χ0n) is 15.8. The van der Waals surface area contributed by atoms with Crippen LogP contribution in [-0.2, 0) is 13.1 Å². The van der Waals surface area contributed by atoms with E-state index in [9.17, 15) is 8.78 Å². The maximum absolute atomic E-state index is 14.0. The van der Waals surface area contributed by atoms with Gasteiger partial charge in [-0.05, 0) is 55.7 Å². The van der Waals surface area contributed by atoms with Crippen molar-refractivity contribution in [2.24, 2.45) is 0 Å². The van der Waals surface area contributed by atoms with Crippen LogP contribution in [0.1, 0.15) is 40.4 Å². The van der Waals surface area contributed by atoms with Crippen molar-refractivity contribution in [3.63, 3.8) is 0 Å². The normalized spacial score (nSPS) is 17.6. The van der Waals surface area contributed by atoms with E-state index < -0.39 is 11.6 Å². The molecule has 0 bridgehead atoms. The first-order valence-corrected chi connectivity index (χ1v) is 9.42. The lowest BCUT2D eigenvalue weighted by atomic mass is 10.00. The minimum absolute atomic E-state index is 0.0987. The predicted octanol–water partition coefficient (Wildman–Crippen LogP) is 5.38. The molecule has 27 heavy (non-hydrogen) atoms. The summed E-state index contributed by atoms with van der Waals surface area (Å²) in [4.78, 5) is 2.37. The van der Waals surface area contributed by atoms with E-state index in [1.807, 2.05) is 6.07 Å². The molecule has 1 atom stereocenters. The maximum atomic E-state index is 14.0. The summed E-state index contributed by atoms with van der Waals surface area (Å²) in [5.41, 5.74) is 5.66. The number of hydrogen-bond acceptors (Lipinski definition) is 1. The smallest absolute Gasteiger partial charge is 0.159 e. The zero-order chi connectivity index (χ0) is 19.0. The molecule has 3 aromatic rings. The van der Waals surface area contributed by atoms with Crippen LogP contribution in [0.3, 0.4) is 0 Å². The van der Waals surface area contributed by atoms with Crippen molar-refractivity contribution in [2.45, 2.75) is 39.4 Å². The fraction of sp³-hybridized carbons (Fsp3) is 0.304. The Morgan fingerprint density at radius 3 is 2.44 bits per heavy atom. The summed E-state index contributed by atoms with van der Waals surface area (Å²) in [6, 6.07) is 14.9. The molecule has 1 aromatic heterocycles. The lowest BCUT2D eigenvalue weighted by molar-refractivity contribution is 0.220. The zero-order valence-corrected chi connectivity index (χ0v) is 15.8. The van der Waals surface area contributed by atoms with Gasteiger partial charge in [0.1, 0.15) is 0 Å². The van der Waals surface area contributed by atoms with Crippen LogP contribution in [0.15, 0.2) is 54.7 Å². The van der Waals surface area contributed by atoms with Crippen LogP contribution in [0.2, 0.25) is 0 Å². The molecule has 1 aliphatic heterocycles. The Balaban J connectivity index is 1.76. The van der Waals surface area contributed by atoms with Gasteiger partial charge in [0.15, 0.2) is 11.6 Å². The lowest BCUT2D eigenvalue weighted by Crippen LogP contribution is -2.29. The van der Waals surface area contributed by atoms with Gasteiger partial charge in [-0.2, -0.15) is 0 Å². The molecule has 0 amide bonds. The summed E-state index contributed by atoms with van der Waals surface area (Å²) in [5.74, 6) is -1.59. The second-order valence-electron chi connectivity index (χ2n) is 7.52. The highest BCUT2D eigenvalue weighted by atomic mass is 19.2. The topological polar surface area (TPSA) is 8.17 Å². The number of fused-ring (bicyclic) bond motifs is 1. The molecular weight excluding hydrogens is 342 g/mol. The average Bonchev–Trinajstić information content (AvgIpc) is 2.99. The largest absolute Gasteiger partial charge is 0.350 e. The fourth-order valence-corrected chi connectivity index (χ4v) is 4.27. The Hall–Kier alpha value is -2.46. The van der Waals surface area contributed by atoms with E-state index in [-0.39, 0.29) is 6.04 Å². The summed E-state index contributed by atoms with van der Waals surface area (Å²) >= 11 is 0. The van der Waals surface area contributed by atoms with Gasteiger partial charge in [0.05, 0.1) is 6.04 Å². The van der Waals surface area contributed by atoms with E-state index in [1.54, 1.807) is 6.07 Å². The third-order valence-electron chi connectivity index (χ3n) is 5.28. The molecule has 0 spiro atoms. The summed E-state index contributed by atoms with van der Waals surface area (Å²) in [6.07, 6.45) is 3.09. The van der Waals surface area contributed by atoms with Gasteiger partial charge < -0.3 is 4.57 Å². The molecule has 0 aliphatic carbocycles. The maximum Gasteiger partial charge on any atom is 0.159 e. The Bertz CT molecular complexity index is 941. The highest BCUT2D eigenvalue weighted by Gasteiger charge is 2.28. The number of hydrogen-bond donors (Lipinski definition) is 0. The van der Waals surface area contributed by atoms with Gasteiger partial charge in [-0.1, -0.05) is 35.4 Å². The SMILES string of the molecule is Cc1cc(C)cc(CN2CCCn3cccc3C2c2ccc(F)c(F)c2)c1. The molecule has 0 radical (unpaired) electrons. The Kier molecular flexibility index (Phi) is 4.83. The first-order valence-electron chi connectivity index (χ1n) is 9.42. The van der Waals surface area contributed by atoms with Crippen LogP contribution in [-0.4, -0.2) is 16.0 Å². The second-order valence-corrected chi connectivity index (χ2v) is 7.52. The van der Waals surface area contributed by atoms with Gasteiger partial charge in [0.25, 0.3) is 0 Å². The summed E-state index contributed by atoms with van der Waals surface area (Å²) in [6.45, 7) is 6.83. The van der Waals surface area contributed by atoms with Gasteiger partial charge >= 0.3 is 0 Å². The minimum atomic E-state index is -0.802. The molecule has 4 heteroatoms. The molecule has 140 valence electrons. The van der Waals surface area contributed by atoms with Crippen LogP contribution >= 0.6 is 0 Å². The summed E-state index contributed by atoms with van der Waals surface area (Å²) in [7, 11) is 0. The number of nitrogens with zero attached hydrogens (tertiary/aromatic N) is 2. The van der Waals surface area contributed by atoms with Crippen LogP contribution in [0, 0.1) is 25.5 Å². The van der Waals surface area contributed by atoms with Crippen molar-refractivity contribution in [3.8, 4) is 0 Å². The van der Waals surface area contributed by atoms with Crippen LogP contribution in [0.25, 0.3) is 0 Å². The highest BCUT2D eigenvalue weighted by molar-refractivity contribution is 5.32. The Morgan fingerprint density at radius 2 is 1.70 bits per heavy atom. The number of rotatable bonds is 3. The molecule has 2 nitrogen and oxygen atoms in total. The van der Waals surface area contributed by atoms with Crippen molar-refractivity contribution in [1.29, 1.82) is 0 Å². The first kappa shape index (κ1) is 17.9. The van der Waals surface area contributed by atoms with E-state index >= 15 is 0 Å². The van der Waals surface area contributed by atoms with Crippen molar-refractivity contribution in [3.05, 3.63) is 94.3 Å². The van der Waals surface area contributed by atoms with Gasteiger partial charge in [-0.25, -0.2) is 8.78 Å². The van der Waals surface area contributed by atoms with Crippen LogP contribution < -0.4 is 0 Å². The van der Waals surface area contributed by atoms with E-state index in [2.05, 4.69) is 53.8 Å². The summed E-state index contributed by atoms with van der Waals surface area (Å²) < 4.78 is 29.7. The third-order valence-corrected chi connectivity index (χ3v) is 5.28. The standard InChI is InChI=1S/C23H24F2N2/c1-16-11-17(2)13-18(12-16)15-27-10-4-9-26-8-3-5-22(26)23(27)19-6-7-20(24)21(25)14-19/h3,5-8,11-14,23H,4,9-10,15H2,1-2H3. The molecular formula is C23H24F2N2. The number of aromatic nitrogens is 1. The van der Waals surface area contributed by atoms with Crippen LogP contribution in [0.5, 0.6) is 0 Å². The van der Waals surface area contributed by atoms with Gasteiger partial charge in [0, 0.05) is 31.5 Å². The quantitative estimate of drug-likeness (QED) is 0.604. The van der Waals surface area contributed by atoms with Gasteiger partial charge in [-0.3, -0.25) is 4.90 Å². The molecule has 2 heterocycles. The molecule has 1 unspecified atom stereocenters. The third kappa shape index (κ3) is 3.67. The lowest BCUT2D eigenvalue weighted by Gasteiger charge is -2.31. The molecule has 0 fully saturated rings. The molecule has 4 rings (SSSR count). The van der Waals surface area contributed by atoms with Crippen molar-refractivity contribution in [2.75, 3.05) is 6.54 Å². The van der Waals surface area contributed by atoms with E-state index in [1.165, 1.54) is 28.8 Å². The molecule has 0 N–H and O–H groups in total. The van der Waals surface area contributed by atoms with Gasteiger partial charge in [-0.15, -0.1) is 0 Å². The minimum Gasteiger partial charge on any atom is -0.350 e. The Labute approximate surface area is 159 Å². The summed E-state index contributed by atoms with van der Waals surface area (Å²) in [5, 5.41) is 0. The van der Waals surface area contributed by atoms with E-state index in [0.717, 1.165) is 37.3 Å². The molecule has 1 aliphatic rings. The van der Waals surface area contributed by atoms with Crippen molar-refractivity contribution < 1.29 is 8.78 Å². The van der Waals surface area contributed by atoms with E-state index in [0.29, 0.717) is 0 Å². The molecule has 0 saturated heterocycles. The molecule has 0 saturated carbocycles. The first-order chi connectivity index (χ1) is 13.0. The monoisotopic (exact) mass is 366 g/mol. The molecule has 2 aromatic carbocycles. The Morgan fingerprint density at radius 1 is 0.926 bits per heavy atom. The number of aryl methyl sites for hydroxylation is 3. The fourth-order valence-electron chi connectivity index (χ4n) is 4.27. The highest BCUT2D eigenvalue weighted by Crippen LogP contribution is 2.33. The number of halogens is 2. The number of benzene rings is 2.